The van der Waals surface area contributed by atoms with E-state index in [2.05, 4.69) is 9.97 Å². The molecule has 0 aliphatic rings. The number of benzene rings is 2. The van der Waals surface area contributed by atoms with Crippen molar-refractivity contribution in [3.05, 3.63) is 83.3 Å². The number of fused-ring (bicyclic) bond motifs is 2. The summed E-state index contributed by atoms with van der Waals surface area (Å²) in [4.78, 5) is 24.2. The maximum absolute atomic E-state index is 13.6. The number of halogens is 1. The highest BCUT2D eigenvalue weighted by molar-refractivity contribution is 7.22. The van der Waals surface area contributed by atoms with Crippen LogP contribution in [0.15, 0.2) is 71.3 Å². The van der Waals surface area contributed by atoms with Crippen molar-refractivity contribution in [1.82, 2.24) is 9.97 Å². The molecule has 3 aromatic heterocycles. The first-order valence-electron chi connectivity index (χ1n) is 9.47. The lowest BCUT2D eigenvalue weighted by Gasteiger charge is -2.18. The SMILES string of the molecule is COc1cccc2cc(C(=O)N(Cc3ccccn3)c3nc4ccc(Cl)cc4s3)oc12. The van der Waals surface area contributed by atoms with E-state index in [9.17, 15) is 4.79 Å². The Morgan fingerprint density at radius 3 is 2.87 bits per heavy atom. The zero-order valence-corrected chi connectivity index (χ0v) is 18.0. The summed E-state index contributed by atoms with van der Waals surface area (Å²) in [6.07, 6.45) is 1.70. The molecule has 31 heavy (non-hydrogen) atoms. The fraction of sp³-hybridized carbons (Fsp3) is 0.0870. The summed E-state index contributed by atoms with van der Waals surface area (Å²) in [5.41, 5.74) is 2.04. The Hall–Kier alpha value is -3.42. The van der Waals surface area contributed by atoms with E-state index in [0.29, 0.717) is 21.5 Å². The Kier molecular flexibility index (Phi) is 5.05. The summed E-state index contributed by atoms with van der Waals surface area (Å²) in [5.74, 6) is 0.462. The van der Waals surface area contributed by atoms with Gasteiger partial charge in [-0.05, 0) is 42.5 Å². The second kappa shape index (κ2) is 8.02. The van der Waals surface area contributed by atoms with Gasteiger partial charge in [0.05, 0.1) is 29.6 Å². The molecule has 8 heteroatoms. The van der Waals surface area contributed by atoms with Crippen LogP contribution in [0.1, 0.15) is 16.2 Å². The summed E-state index contributed by atoms with van der Waals surface area (Å²) in [6, 6.07) is 18.3. The van der Waals surface area contributed by atoms with Gasteiger partial charge in [0.1, 0.15) is 0 Å². The first kappa shape index (κ1) is 19.5. The van der Waals surface area contributed by atoms with Gasteiger partial charge in [-0.25, -0.2) is 4.98 Å². The smallest absolute Gasteiger partial charge is 0.296 e. The molecule has 154 valence electrons. The fourth-order valence-corrected chi connectivity index (χ4v) is 4.56. The largest absolute Gasteiger partial charge is 0.493 e. The molecule has 0 fully saturated rings. The molecular weight excluding hydrogens is 434 g/mol. The minimum atomic E-state index is -0.311. The summed E-state index contributed by atoms with van der Waals surface area (Å²) in [7, 11) is 1.57. The van der Waals surface area contributed by atoms with Crippen LogP contribution in [0.5, 0.6) is 5.75 Å². The molecule has 1 amide bonds. The number of para-hydroxylation sites is 1. The van der Waals surface area contributed by atoms with Crippen LogP contribution >= 0.6 is 22.9 Å². The Labute approximate surface area is 186 Å². The highest BCUT2D eigenvalue weighted by Crippen LogP contribution is 2.34. The summed E-state index contributed by atoms with van der Waals surface area (Å²) < 4.78 is 12.2. The third-order valence-electron chi connectivity index (χ3n) is 4.80. The van der Waals surface area contributed by atoms with Crippen molar-refractivity contribution >= 4 is 55.2 Å². The monoisotopic (exact) mass is 449 g/mol. The van der Waals surface area contributed by atoms with E-state index >= 15 is 0 Å². The molecule has 0 spiro atoms. The first-order chi connectivity index (χ1) is 15.1. The van der Waals surface area contributed by atoms with E-state index < -0.39 is 0 Å². The van der Waals surface area contributed by atoms with Crippen molar-refractivity contribution < 1.29 is 13.9 Å². The maximum atomic E-state index is 13.6. The van der Waals surface area contributed by atoms with Crippen LogP contribution in [0.2, 0.25) is 5.02 Å². The molecular formula is C23H16ClN3O3S. The number of nitrogens with zero attached hydrogens (tertiary/aromatic N) is 3. The molecule has 6 nitrogen and oxygen atoms in total. The van der Waals surface area contributed by atoms with E-state index in [-0.39, 0.29) is 18.2 Å². The lowest BCUT2D eigenvalue weighted by atomic mass is 10.2. The Morgan fingerprint density at radius 2 is 2.06 bits per heavy atom. The topological polar surface area (TPSA) is 68.5 Å². The number of methoxy groups -OCH3 is 1. The fourth-order valence-electron chi connectivity index (χ4n) is 3.32. The van der Waals surface area contributed by atoms with Gasteiger partial charge in [0, 0.05) is 16.6 Å². The molecule has 0 aliphatic heterocycles. The molecule has 0 saturated carbocycles. The van der Waals surface area contributed by atoms with Crippen LogP contribution in [0.4, 0.5) is 5.13 Å². The van der Waals surface area contributed by atoms with Gasteiger partial charge in [-0.15, -0.1) is 0 Å². The standard InChI is InChI=1S/C23H16ClN3O3S/c1-29-18-7-4-5-14-11-19(30-21(14)18)22(28)27(13-16-6-2-3-10-25-16)23-26-17-9-8-15(24)12-20(17)31-23/h2-12H,13H2,1H3. The second-order valence-corrected chi connectivity index (χ2v) is 8.26. The highest BCUT2D eigenvalue weighted by Gasteiger charge is 2.26. The van der Waals surface area contributed by atoms with E-state index in [0.717, 1.165) is 21.3 Å². The Bertz CT molecular complexity index is 1400. The van der Waals surface area contributed by atoms with Crippen molar-refractivity contribution in [3.63, 3.8) is 0 Å². The predicted octanol–water partition coefficient (Wildman–Crippen LogP) is 5.95. The maximum Gasteiger partial charge on any atom is 0.296 e. The number of hydrogen-bond donors (Lipinski definition) is 0. The second-order valence-electron chi connectivity index (χ2n) is 6.81. The average molecular weight is 450 g/mol. The number of pyridine rings is 1. The third-order valence-corrected chi connectivity index (χ3v) is 6.08. The van der Waals surface area contributed by atoms with Crippen LogP contribution in [0.25, 0.3) is 21.2 Å². The van der Waals surface area contributed by atoms with Gasteiger partial charge >= 0.3 is 0 Å². The van der Waals surface area contributed by atoms with E-state index in [1.165, 1.54) is 11.3 Å². The predicted molar refractivity (Wildman–Crippen MR) is 122 cm³/mol. The molecule has 0 N–H and O–H groups in total. The summed E-state index contributed by atoms with van der Waals surface area (Å²) in [6.45, 7) is 0.251. The third kappa shape index (κ3) is 3.73. The minimum Gasteiger partial charge on any atom is -0.493 e. The van der Waals surface area contributed by atoms with Gasteiger partial charge in [-0.1, -0.05) is 41.1 Å². The molecule has 5 aromatic rings. The number of ether oxygens (including phenoxy) is 1. The zero-order chi connectivity index (χ0) is 21.4. The lowest BCUT2D eigenvalue weighted by Crippen LogP contribution is -2.30. The highest BCUT2D eigenvalue weighted by atomic mass is 35.5. The normalized spacial score (nSPS) is 11.2. The number of furan rings is 1. The van der Waals surface area contributed by atoms with Gasteiger partial charge in [0.25, 0.3) is 5.91 Å². The van der Waals surface area contributed by atoms with E-state index in [1.54, 1.807) is 36.4 Å². The lowest BCUT2D eigenvalue weighted by molar-refractivity contribution is 0.0960. The minimum absolute atomic E-state index is 0.202. The molecule has 2 aromatic carbocycles. The molecule has 0 bridgehead atoms. The number of thiazole rings is 1. The van der Waals surface area contributed by atoms with Crippen LogP contribution in [-0.4, -0.2) is 23.0 Å². The van der Waals surface area contributed by atoms with Crippen LogP contribution in [0.3, 0.4) is 0 Å². The Balaban J connectivity index is 1.60. The number of carbonyl (C=O) groups excluding carboxylic acids is 1. The first-order valence-corrected chi connectivity index (χ1v) is 10.7. The summed E-state index contributed by atoms with van der Waals surface area (Å²) in [5, 5.41) is 1.95. The van der Waals surface area contributed by atoms with Crippen molar-refractivity contribution in [1.29, 1.82) is 0 Å². The van der Waals surface area contributed by atoms with Gasteiger partial charge < -0.3 is 9.15 Å². The average Bonchev–Trinajstić information content (AvgIpc) is 3.41. The number of carbonyl (C=O) groups is 1. The van der Waals surface area contributed by atoms with Crippen LogP contribution < -0.4 is 9.64 Å². The molecule has 0 aliphatic carbocycles. The molecule has 5 rings (SSSR count). The number of hydrogen-bond acceptors (Lipinski definition) is 6. The van der Waals surface area contributed by atoms with Gasteiger partial charge in [-0.3, -0.25) is 14.7 Å². The van der Waals surface area contributed by atoms with Crippen molar-refractivity contribution in [3.8, 4) is 5.75 Å². The number of aromatic nitrogens is 2. The van der Waals surface area contributed by atoms with Crippen molar-refractivity contribution in [2.45, 2.75) is 6.54 Å². The molecule has 3 heterocycles. The van der Waals surface area contributed by atoms with E-state index in [1.807, 2.05) is 42.5 Å². The van der Waals surface area contributed by atoms with Crippen LogP contribution in [0, 0.1) is 0 Å². The van der Waals surface area contributed by atoms with Gasteiger partial charge in [0.15, 0.2) is 22.2 Å². The summed E-state index contributed by atoms with van der Waals surface area (Å²) >= 11 is 7.52. The van der Waals surface area contributed by atoms with Crippen molar-refractivity contribution in [2.75, 3.05) is 12.0 Å². The molecule has 0 unspecified atom stereocenters. The molecule has 0 atom stereocenters. The van der Waals surface area contributed by atoms with Crippen molar-refractivity contribution in [2.24, 2.45) is 0 Å². The zero-order valence-electron chi connectivity index (χ0n) is 16.4. The van der Waals surface area contributed by atoms with E-state index in [4.69, 9.17) is 20.8 Å². The number of rotatable bonds is 5. The Morgan fingerprint density at radius 1 is 1.16 bits per heavy atom. The molecule has 0 radical (unpaired) electrons. The van der Waals surface area contributed by atoms with Crippen LogP contribution in [-0.2, 0) is 6.54 Å². The number of amides is 1. The quantitative estimate of drug-likeness (QED) is 0.332. The number of anilines is 1. The van der Waals surface area contributed by atoms with Gasteiger partial charge in [0.2, 0.25) is 0 Å². The molecule has 0 saturated heterocycles. The van der Waals surface area contributed by atoms with Gasteiger partial charge in [-0.2, -0.15) is 0 Å².